The summed E-state index contributed by atoms with van der Waals surface area (Å²) in [5.41, 5.74) is 2.79. The standard InChI is InChI=1S/C32H41N5O5/c1-17(2)12-25-29(39)36-11-7-10-26(36)32(41)37(25)30(40)31(42-32,18(3)4)34-28(38)20-13-22-21-8-6-9-23-27(21)19(15-33-23)14-24(22)35(5)16-20/h6,8-9,13,15,17-18,20,24-26,33,41H,7,10-12,14,16H2,1-5H3,(H,34,38)/t20-,24+,25?,26?,31?,32?/m1/s1. The Morgan fingerprint density at radius 3 is 2.76 bits per heavy atom. The van der Waals surface area contributed by atoms with Gasteiger partial charge in [-0.05, 0) is 61.4 Å². The monoisotopic (exact) mass is 575 g/mol. The van der Waals surface area contributed by atoms with Gasteiger partial charge in [0.25, 0.3) is 11.8 Å². The lowest BCUT2D eigenvalue weighted by Gasteiger charge is -2.49. The lowest BCUT2D eigenvalue weighted by atomic mass is 9.79. The number of aliphatic hydroxyl groups is 1. The van der Waals surface area contributed by atoms with Crippen molar-refractivity contribution in [3.05, 3.63) is 41.6 Å². The largest absolute Gasteiger partial charge is 0.361 e. The fourth-order valence-electron chi connectivity index (χ4n) is 8.10. The van der Waals surface area contributed by atoms with E-state index in [2.05, 4.69) is 33.5 Å². The number of fused-ring (bicyclic) bond motifs is 5. The van der Waals surface area contributed by atoms with E-state index in [9.17, 15) is 19.5 Å². The first-order valence-corrected chi connectivity index (χ1v) is 15.4. The molecule has 2 aromatic rings. The smallest absolute Gasteiger partial charge is 0.281 e. The van der Waals surface area contributed by atoms with Crippen molar-refractivity contribution in [1.29, 1.82) is 0 Å². The lowest BCUT2D eigenvalue weighted by Crippen LogP contribution is -2.71. The first kappa shape index (κ1) is 27.6. The number of benzene rings is 1. The number of carbonyl (C=O) groups is 3. The van der Waals surface area contributed by atoms with E-state index in [1.165, 1.54) is 15.8 Å². The van der Waals surface area contributed by atoms with Crippen molar-refractivity contribution in [3.63, 3.8) is 0 Å². The number of nitrogens with one attached hydrogen (secondary N) is 2. The maximum absolute atomic E-state index is 14.4. The van der Waals surface area contributed by atoms with Crippen LogP contribution in [-0.4, -0.2) is 92.4 Å². The number of hydrogen-bond donors (Lipinski definition) is 3. The van der Waals surface area contributed by atoms with Crippen molar-refractivity contribution in [1.82, 2.24) is 25.0 Å². The molecule has 10 nitrogen and oxygen atoms in total. The maximum Gasteiger partial charge on any atom is 0.281 e. The molecule has 4 unspecified atom stereocenters. The van der Waals surface area contributed by atoms with Gasteiger partial charge < -0.3 is 20.3 Å². The summed E-state index contributed by atoms with van der Waals surface area (Å²) in [5.74, 6) is -3.97. The van der Waals surface area contributed by atoms with E-state index in [1.54, 1.807) is 4.90 Å². The molecule has 4 aliphatic heterocycles. The number of H-pyrrole nitrogens is 1. The minimum Gasteiger partial charge on any atom is -0.361 e. The summed E-state index contributed by atoms with van der Waals surface area (Å²) in [6, 6.07) is 4.84. The molecule has 1 aromatic heterocycles. The summed E-state index contributed by atoms with van der Waals surface area (Å²) in [7, 11) is 2.03. The Balaban J connectivity index is 1.24. The summed E-state index contributed by atoms with van der Waals surface area (Å²) >= 11 is 0. The number of nitrogens with zero attached hydrogens (tertiary/aromatic N) is 3. The zero-order chi connectivity index (χ0) is 29.7. The lowest BCUT2D eigenvalue weighted by molar-refractivity contribution is -0.322. The molecular weight excluding hydrogens is 534 g/mol. The van der Waals surface area contributed by atoms with Gasteiger partial charge in [0.2, 0.25) is 17.5 Å². The zero-order valence-electron chi connectivity index (χ0n) is 25.0. The molecule has 7 rings (SSSR count). The molecule has 0 spiro atoms. The third-order valence-corrected chi connectivity index (χ3v) is 10.2. The minimum atomic E-state index is -2.00. The second-order valence-corrected chi connectivity index (χ2v) is 13.6. The Morgan fingerprint density at radius 1 is 1.24 bits per heavy atom. The molecule has 6 atom stereocenters. The number of amides is 3. The van der Waals surface area contributed by atoms with E-state index in [-0.39, 0.29) is 23.8 Å². The van der Waals surface area contributed by atoms with Crippen molar-refractivity contribution >= 4 is 34.2 Å². The third-order valence-electron chi connectivity index (χ3n) is 10.2. The van der Waals surface area contributed by atoms with E-state index in [0.717, 1.165) is 29.5 Å². The molecule has 0 saturated carbocycles. The predicted molar refractivity (Wildman–Crippen MR) is 156 cm³/mol. The molecule has 0 bridgehead atoms. The van der Waals surface area contributed by atoms with Gasteiger partial charge in [0.15, 0.2) is 0 Å². The number of piperazine rings is 1. The Hall–Kier alpha value is -3.21. The van der Waals surface area contributed by atoms with Crippen LogP contribution in [0.1, 0.15) is 58.1 Å². The normalized spacial score (nSPS) is 34.2. The molecule has 3 amide bonds. The average Bonchev–Trinajstić information content (AvgIpc) is 3.65. The number of rotatable bonds is 5. The van der Waals surface area contributed by atoms with Gasteiger partial charge in [-0.3, -0.25) is 28.9 Å². The van der Waals surface area contributed by atoms with Crippen LogP contribution in [0, 0.1) is 17.8 Å². The van der Waals surface area contributed by atoms with Crippen LogP contribution in [0.2, 0.25) is 0 Å². The number of carbonyl (C=O) groups excluding carboxylic acids is 3. The second-order valence-electron chi connectivity index (χ2n) is 13.6. The number of likely N-dealkylation sites (N-methyl/N-ethyl adjacent to an activating group) is 1. The summed E-state index contributed by atoms with van der Waals surface area (Å²) in [6.45, 7) is 8.60. The number of aromatic amines is 1. The van der Waals surface area contributed by atoms with Gasteiger partial charge in [0.05, 0.1) is 5.92 Å². The molecule has 3 N–H and O–H groups in total. The van der Waals surface area contributed by atoms with E-state index >= 15 is 0 Å². The van der Waals surface area contributed by atoms with Crippen molar-refractivity contribution in [2.75, 3.05) is 20.1 Å². The Kier molecular flexibility index (Phi) is 6.18. The van der Waals surface area contributed by atoms with Crippen molar-refractivity contribution in [3.8, 4) is 0 Å². The summed E-state index contributed by atoms with van der Waals surface area (Å²) in [6.07, 6.45) is 6.62. The summed E-state index contributed by atoms with van der Waals surface area (Å²) in [4.78, 5) is 50.7. The maximum atomic E-state index is 14.4. The first-order chi connectivity index (χ1) is 20.0. The highest BCUT2D eigenvalue weighted by Gasteiger charge is 2.72. The number of ether oxygens (including phenoxy) is 1. The van der Waals surface area contributed by atoms with E-state index < -0.39 is 41.5 Å². The highest BCUT2D eigenvalue weighted by atomic mass is 16.7. The van der Waals surface area contributed by atoms with E-state index in [4.69, 9.17) is 4.74 Å². The van der Waals surface area contributed by atoms with Crippen LogP contribution in [-0.2, 0) is 25.5 Å². The van der Waals surface area contributed by atoms with Gasteiger partial charge in [-0.1, -0.05) is 45.9 Å². The SMILES string of the molecule is CC(C)CC1C(=O)N2CCCC2C2(O)OC(NC(=O)[C@@H]3C=C4c5cccc6[nH]cc(c56)C[C@@H]4N(C)C3)(C(C)C)C(=O)N12. The molecule has 224 valence electrons. The van der Waals surface area contributed by atoms with Gasteiger partial charge in [0, 0.05) is 42.1 Å². The first-order valence-electron chi connectivity index (χ1n) is 15.4. The molecule has 5 aliphatic rings. The molecule has 5 heterocycles. The molecular formula is C32H41N5O5. The van der Waals surface area contributed by atoms with E-state index in [0.29, 0.717) is 25.9 Å². The second kappa shape index (κ2) is 9.39. The Bertz CT molecular complexity index is 1510. The third kappa shape index (κ3) is 3.70. The van der Waals surface area contributed by atoms with Crippen molar-refractivity contribution in [2.45, 2.75) is 83.1 Å². The minimum absolute atomic E-state index is 0.108. The summed E-state index contributed by atoms with van der Waals surface area (Å²) < 4.78 is 6.43. The van der Waals surface area contributed by atoms with E-state index in [1.807, 2.05) is 46.9 Å². The van der Waals surface area contributed by atoms with Crippen LogP contribution >= 0.6 is 0 Å². The fraction of sp³-hybridized carbons (Fsp3) is 0.594. The van der Waals surface area contributed by atoms with Crippen LogP contribution < -0.4 is 5.32 Å². The topological polar surface area (TPSA) is 118 Å². The highest BCUT2D eigenvalue weighted by molar-refractivity contribution is 6.01. The molecule has 3 saturated heterocycles. The van der Waals surface area contributed by atoms with Crippen molar-refractivity contribution in [2.24, 2.45) is 17.8 Å². The number of hydrogen-bond acceptors (Lipinski definition) is 6. The van der Waals surface area contributed by atoms with Crippen molar-refractivity contribution < 1.29 is 24.2 Å². The molecule has 42 heavy (non-hydrogen) atoms. The molecule has 3 fully saturated rings. The van der Waals surface area contributed by atoms with Gasteiger partial charge in [-0.2, -0.15) is 0 Å². The van der Waals surface area contributed by atoms with Crippen LogP contribution in [0.25, 0.3) is 16.5 Å². The quantitative estimate of drug-likeness (QED) is 0.504. The average molecular weight is 576 g/mol. The van der Waals surface area contributed by atoms with Crippen LogP contribution in [0.4, 0.5) is 0 Å². The van der Waals surface area contributed by atoms with Crippen LogP contribution in [0.15, 0.2) is 30.5 Å². The van der Waals surface area contributed by atoms with Gasteiger partial charge in [-0.15, -0.1) is 0 Å². The summed E-state index contributed by atoms with van der Waals surface area (Å²) in [5, 5.41) is 16.3. The van der Waals surface area contributed by atoms with Gasteiger partial charge in [-0.25, -0.2) is 0 Å². The molecule has 0 radical (unpaired) electrons. The Labute approximate surface area is 246 Å². The Morgan fingerprint density at radius 2 is 2.02 bits per heavy atom. The number of aromatic nitrogens is 1. The fourth-order valence-corrected chi connectivity index (χ4v) is 8.10. The van der Waals surface area contributed by atoms with Gasteiger partial charge in [0.1, 0.15) is 12.1 Å². The molecule has 1 aliphatic carbocycles. The van der Waals surface area contributed by atoms with Crippen LogP contribution in [0.5, 0.6) is 0 Å². The zero-order valence-corrected chi connectivity index (χ0v) is 25.0. The molecule has 1 aromatic carbocycles. The van der Waals surface area contributed by atoms with Gasteiger partial charge >= 0.3 is 0 Å². The highest BCUT2D eigenvalue weighted by Crippen LogP contribution is 2.48. The van der Waals surface area contributed by atoms with Crippen LogP contribution in [0.3, 0.4) is 0 Å². The molecule has 10 heteroatoms. The predicted octanol–water partition coefficient (Wildman–Crippen LogP) is 2.43.